The number of alkyl halides is 3. The second-order valence-corrected chi connectivity index (χ2v) is 10.1. The molecule has 35 heavy (non-hydrogen) atoms. The molecule has 1 amide bonds. The van der Waals surface area contributed by atoms with Gasteiger partial charge in [-0.1, -0.05) is 35.9 Å². The predicted octanol–water partition coefficient (Wildman–Crippen LogP) is 5.72. The third-order valence-electron chi connectivity index (χ3n) is 4.97. The SMILES string of the molecule is COCc1cccc(NC(=O)c2ccc(CN(c3ccc(Cl)cc3C(F)(F)F)S(C)(=O)=O)cc2)c1. The van der Waals surface area contributed by atoms with Gasteiger partial charge in [0.1, 0.15) is 0 Å². The summed E-state index contributed by atoms with van der Waals surface area (Å²) < 4.78 is 71.3. The molecule has 0 aliphatic rings. The Labute approximate surface area is 206 Å². The summed E-state index contributed by atoms with van der Waals surface area (Å²) in [4.78, 5) is 12.6. The van der Waals surface area contributed by atoms with Crippen LogP contribution in [0.25, 0.3) is 0 Å². The molecule has 0 spiro atoms. The molecule has 186 valence electrons. The fraction of sp³-hybridized carbons (Fsp3) is 0.208. The molecular weight excluding hydrogens is 505 g/mol. The molecular formula is C24H22ClF3N2O4S. The maximum Gasteiger partial charge on any atom is 0.418 e. The number of rotatable bonds is 8. The van der Waals surface area contributed by atoms with Crippen molar-refractivity contribution in [3.63, 3.8) is 0 Å². The summed E-state index contributed by atoms with van der Waals surface area (Å²) >= 11 is 5.72. The summed E-state index contributed by atoms with van der Waals surface area (Å²) in [5.41, 5.74) is 0.418. The number of benzene rings is 3. The van der Waals surface area contributed by atoms with E-state index in [0.717, 1.165) is 17.9 Å². The van der Waals surface area contributed by atoms with Crippen molar-refractivity contribution in [3.8, 4) is 0 Å². The second kappa shape index (κ2) is 10.7. The lowest BCUT2D eigenvalue weighted by molar-refractivity contribution is -0.137. The van der Waals surface area contributed by atoms with Gasteiger partial charge in [-0.25, -0.2) is 8.42 Å². The van der Waals surface area contributed by atoms with Crippen LogP contribution >= 0.6 is 11.6 Å². The summed E-state index contributed by atoms with van der Waals surface area (Å²) in [5.74, 6) is -0.400. The van der Waals surface area contributed by atoms with Crippen molar-refractivity contribution in [2.45, 2.75) is 19.3 Å². The molecule has 0 unspecified atom stereocenters. The molecule has 0 atom stereocenters. The van der Waals surface area contributed by atoms with Crippen LogP contribution < -0.4 is 9.62 Å². The minimum absolute atomic E-state index is 0.169. The van der Waals surface area contributed by atoms with Crippen molar-refractivity contribution in [2.24, 2.45) is 0 Å². The van der Waals surface area contributed by atoms with Gasteiger partial charge in [-0.15, -0.1) is 0 Å². The third kappa shape index (κ3) is 6.97. The Morgan fingerprint density at radius 1 is 1.03 bits per heavy atom. The van der Waals surface area contributed by atoms with Gasteiger partial charge in [-0.2, -0.15) is 13.2 Å². The second-order valence-electron chi connectivity index (χ2n) is 7.71. The van der Waals surface area contributed by atoms with Crippen molar-refractivity contribution in [1.82, 2.24) is 0 Å². The van der Waals surface area contributed by atoms with E-state index in [1.54, 1.807) is 25.3 Å². The Bertz CT molecular complexity index is 1310. The van der Waals surface area contributed by atoms with Crippen LogP contribution in [0.3, 0.4) is 0 Å². The Hall–Kier alpha value is -3.08. The molecule has 3 aromatic rings. The number of hydrogen-bond acceptors (Lipinski definition) is 4. The fourth-order valence-corrected chi connectivity index (χ4v) is 4.44. The maximum atomic E-state index is 13.6. The number of anilines is 2. The van der Waals surface area contributed by atoms with E-state index in [0.29, 0.717) is 33.8 Å². The normalized spacial score (nSPS) is 11.8. The van der Waals surface area contributed by atoms with Crippen LogP contribution in [0, 0.1) is 0 Å². The molecule has 0 saturated carbocycles. The molecule has 0 fully saturated rings. The van der Waals surface area contributed by atoms with Crippen LogP contribution in [0.2, 0.25) is 5.02 Å². The number of carbonyl (C=O) groups excluding carboxylic acids is 1. The number of halogens is 4. The van der Waals surface area contributed by atoms with E-state index in [9.17, 15) is 26.4 Å². The molecule has 3 aromatic carbocycles. The Balaban J connectivity index is 1.83. The van der Waals surface area contributed by atoms with Gasteiger partial charge in [0.25, 0.3) is 5.91 Å². The van der Waals surface area contributed by atoms with Crippen molar-refractivity contribution >= 4 is 38.9 Å². The zero-order valence-corrected chi connectivity index (χ0v) is 20.3. The topological polar surface area (TPSA) is 75.7 Å². The number of sulfonamides is 1. The minimum Gasteiger partial charge on any atom is -0.380 e. The molecule has 11 heteroatoms. The molecule has 0 radical (unpaired) electrons. The molecule has 0 aliphatic carbocycles. The summed E-state index contributed by atoms with van der Waals surface area (Å²) in [7, 11) is -2.52. The molecule has 1 N–H and O–H groups in total. The highest BCUT2D eigenvalue weighted by atomic mass is 35.5. The first kappa shape index (κ1) is 26.5. The van der Waals surface area contributed by atoms with Crippen LogP contribution in [0.5, 0.6) is 0 Å². The molecule has 0 aromatic heterocycles. The van der Waals surface area contributed by atoms with E-state index >= 15 is 0 Å². The zero-order valence-electron chi connectivity index (χ0n) is 18.8. The first-order valence-corrected chi connectivity index (χ1v) is 12.4. The van der Waals surface area contributed by atoms with E-state index < -0.39 is 33.4 Å². The number of carbonyl (C=O) groups is 1. The molecule has 0 bridgehead atoms. The van der Waals surface area contributed by atoms with Gasteiger partial charge >= 0.3 is 6.18 Å². The first-order chi connectivity index (χ1) is 16.4. The van der Waals surface area contributed by atoms with Gasteiger partial charge < -0.3 is 10.1 Å². The highest BCUT2D eigenvalue weighted by molar-refractivity contribution is 7.92. The van der Waals surface area contributed by atoms with E-state index in [1.807, 2.05) is 6.07 Å². The standard InChI is InChI=1S/C24H22ClF3N2O4S/c1-34-15-17-4-3-5-20(12-17)29-23(31)18-8-6-16(7-9-18)14-30(35(2,32)33)22-11-10-19(25)13-21(22)24(26,27)28/h3-13H,14-15H2,1-2H3,(H,29,31). The van der Waals surface area contributed by atoms with Crippen molar-refractivity contribution in [1.29, 1.82) is 0 Å². The average molecular weight is 527 g/mol. The number of nitrogens with one attached hydrogen (secondary N) is 1. The van der Waals surface area contributed by atoms with E-state index in [2.05, 4.69) is 5.32 Å². The van der Waals surface area contributed by atoms with Crippen LogP contribution in [0.4, 0.5) is 24.5 Å². The average Bonchev–Trinajstić information content (AvgIpc) is 2.77. The lowest BCUT2D eigenvalue weighted by atomic mass is 10.1. The molecule has 0 aliphatic heterocycles. The highest BCUT2D eigenvalue weighted by Crippen LogP contribution is 2.39. The van der Waals surface area contributed by atoms with E-state index in [4.69, 9.17) is 16.3 Å². The highest BCUT2D eigenvalue weighted by Gasteiger charge is 2.37. The van der Waals surface area contributed by atoms with Crippen LogP contribution in [0.1, 0.15) is 27.0 Å². The van der Waals surface area contributed by atoms with Crippen LogP contribution in [-0.2, 0) is 34.1 Å². The van der Waals surface area contributed by atoms with Crippen molar-refractivity contribution in [2.75, 3.05) is 23.0 Å². The smallest absolute Gasteiger partial charge is 0.380 e. The third-order valence-corrected chi connectivity index (χ3v) is 6.33. The summed E-state index contributed by atoms with van der Waals surface area (Å²) in [5, 5.41) is 2.59. The molecule has 6 nitrogen and oxygen atoms in total. The zero-order chi connectivity index (χ0) is 25.8. The Morgan fingerprint density at radius 3 is 2.31 bits per heavy atom. The van der Waals surface area contributed by atoms with Crippen LogP contribution in [0.15, 0.2) is 66.7 Å². The van der Waals surface area contributed by atoms with Gasteiger partial charge in [0.2, 0.25) is 10.0 Å². The Kier molecular flexibility index (Phi) is 8.09. The van der Waals surface area contributed by atoms with E-state index in [1.165, 1.54) is 30.3 Å². The summed E-state index contributed by atoms with van der Waals surface area (Å²) in [6.45, 7) is 0.0173. The number of amides is 1. The largest absolute Gasteiger partial charge is 0.418 e. The fourth-order valence-electron chi connectivity index (χ4n) is 3.37. The number of nitrogens with zero attached hydrogens (tertiary/aromatic N) is 1. The molecule has 0 heterocycles. The quantitative estimate of drug-likeness (QED) is 0.407. The van der Waals surface area contributed by atoms with Crippen molar-refractivity contribution < 1.29 is 31.1 Å². The summed E-state index contributed by atoms with van der Waals surface area (Å²) in [6.07, 6.45) is -3.99. The Morgan fingerprint density at radius 2 is 1.71 bits per heavy atom. The van der Waals surface area contributed by atoms with E-state index in [-0.39, 0.29) is 11.6 Å². The predicted molar refractivity (Wildman–Crippen MR) is 129 cm³/mol. The van der Waals surface area contributed by atoms with Gasteiger partial charge in [-0.3, -0.25) is 9.10 Å². The first-order valence-electron chi connectivity index (χ1n) is 10.2. The summed E-state index contributed by atoms with van der Waals surface area (Å²) in [6, 6.07) is 15.9. The minimum atomic E-state index is -4.81. The van der Waals surface area contributed by atoms with Crippen molar-refractivity contribution in [3.05, 3.63) is 94.0 Å². The number of methoxy groups -OCH3 is 1. The monoisotopic (exact) mass is 526 g/mol. The number of ether oxygens (including phenoxy) is 1. The lowest BCUT2D eigenvalue weighted by Gasteiger charge is -2.26. The molecule has 0 saturated heterocycles. The van der Waals surface area contributed by atoms with Gasteiger partial charge in [0.15, 0.2) is 0 Å². The van der Waals surface area contributed by atoms with Gasteiger partial charge in [0.05, 0.1) is 30.7 Å². The van der Waals surface area contributed by atoms with Crippen LogP contribution in [-0.4, -0.2) is 27.7 Å². The van der Waals surface area contributed by atoms with Gasteiger partial charge in [-0.05, 0) is 53.6 Å². The maximum absolute atomic E-state index is 13.6. The molecule has 3 rings (SSSR count). The van der Waals surface area contributed by atoms with Gasteiger partial charge in [0, 0.05) is 23.4 Å². The lowest BCUT2D eigenvalue weighted by Crippen LogP contribution is -2.31. The number of hydrogen-bond donors (Lipinski definition) is 1.